The summed E-state index contributed by atoms with van der Waals surface area (Å²) in [7, 11) is 0. The van der Waals surface area contributed by atoms with E-state index >= 15 is 0 Å². The summed E-state index contributed by atoms with van der Waals surface area (Å²) in [6.07, 6.45) is 2.19. The predicted octanol–water partition coefficient (Wildman–Crippen LogP) is -3.12. The smallest absolute Gasteiger partial charge is 0.878 e. The van der Waals surface area contributed by atoms with Crippen molar-refractivity contribution in [2.45, 2.75) is 6.92 Å². The van der Waals surface area contributed by atoms with Crippen molar-refractivity contribution in [1.82, 2.24) is 0 Å². The first-order chi connectivity index (χ1) is 1.91. The molecule has 0 unspecified atom stereocenters. The van der Waals surface area contributed by atoms with Gasteiger partial charge in [0.1, 0.15) is 0 Å². The van der Waals surface area contributed by atoms with E-state index in [0.717, 1.165) is 6.26 Å². The Kier molecular flexibility index (Phi) is 16.1. The summed E-state index contributed by atoms with van der Waals surface area (Å²) in [5, 5.41) is 9.12. The second kappa shape index (κ2) is 8.82. The minimum Gasteiger partial charge on any atom is -0.878 e. The van der Waals surface area contributed by atoms with Gasteiger partial charge >= 0.3 is 29.6 Å². The maximum atomic E-state index is 9.12. The first kappa shape index (κ1) is 9.11. The zero-order valence-corrected chi connectivity index (χ0v) is 5.56. The second-order valence-electron chi connectivity index (χ2n) is 0.469. The molecule has 0 rings (SSSR count). The van der Waals surface area contributed by atoms with E-state index < -0.39 is 0 Å². The van der Waals surface area contributed by atoms with Crippen molar-refractivity contribution in [2.75, 3.05) is 0 Å². The maximum absolute atomic E-state index is 9.12. The zero-order chi connectivity index (χ0) is 3.41. The molecule has 0 aliphatic rings. The standard InChI is InChI=1S/C3H6O.Na/c1-2-3-4;/h2-4H,1H3;/q;+1/p-1. The Morgan fingerprint density at radius 3 is 1.80 bits per heavy atom. The van der Waals surface area contributed by atoms with Gasteiger partial charge in [0.25, 0.3) is 0 Å². The third kappa shape index (κ3) is 12.4. The summed E-state index contributed by atoms with van der Waals surface area (Å²) in [6, 6.07) is 0. The average Bonchev–Trinajstić information content (AvgIpc) is 1.37. The van der Waals surface area contributed by atoms with Crippen LogP contribution in [-0.4, -0.2) is 0 Å². The van der Waals surface area contributed by atoms with E-state index in [0.29, 0.717) is 0 Å². The number of rotatable bonds is 0. The van der Waals surface area contributed by atoms with Crippen LogP contribution >= 0.6 is 0 Å². The van der Waals surface area contributed by atoms with Crippen LogP contribution in [0.15, 0.2) is 12.3 Å². The molecule has 0 amide bonds. The Hall–Kier alpha value is 0.540. The first-order valence-corrected chi connectivity index (χ1v) is 1.15. The van der Waals surface area contributed by atoms with E-state index in [-0.39, 0.29) is 29.6 Å². The summed E-state index contributed by atoms with van der Waals surface area (Å²) in [5.74, 6) is 0. The van der Waals surface area contributed by atoms with Gasteiger partial charge in [-0.05, 0) is 6.92 Å². The van der Waals surface area contributed by atoms with E-state index in [4.69, 9.17) is 5.11 Å². The van der Waals surface area contributed by atoms with Crippen molar-refractivity contribution in [3.05, 3.63) is 12.3 Å². The van der Waals surface area contributed by atoms with Crippen LogP contribution in [0.3, 0.4) is 0 Å². The molecular weight excluding hydrogens is 75.0 g/mol. The molecule has 0 aromatic heterocycles. The maximum Gasteiger partial charge on any atom is 1.00 e. The van der Waals surface area contributed by atoms with Gasteiger partial charge in [-0.25, -0.2) is 0 Å². The third-order valence-electron chi connectivity index (χ3n) is 0.136. The van der Waals surface area contributed by atoms with Crippen LogP contribution in [0, 0.1) is 0 Å². The SMILES string of the molecule is CC=C[O-].[Na+]. The van der Waals surface area contributed by atoms with Gasteiger partial charge in [0.2, 0.25) is 0 Å². The van der Waals surface area contributed by atoms with Crippen LogP contribution in [0.4, 0.5) is 0 Å². The van der Waals surface area contributed by atoms with Crippen molar-refractivity contribution >= 4 is 0 Å². The van der Waals surface area contributed by atoms with Gasteiger partial charge in [-0.3, -0.25) is 0 Å². The molecule has 1 nitrogen and oxygen atoms in total. The van der Waals surface area contributed by atoms with E-state index in [1.54, 1.807) is 6.92 Å². The predicted molar refractivity (Wildman–Crippen MR) is 14.8 cm³/mol. The Labute approximate surface area is 54.0 Å². The third-order valence-corrected chi connectivity index (χ3v) is 0.136. The number of allylic oxidation sites excluding steroid dienone is 1. The average molecular weight is 80.1 g/mol. The number of hydrogen-bond donors (Lipinski definition) is 0. The summed E-state index contributed by atoms with van der Waals surface area (Å²) >= 11 is 0. The molecule has 0 bridgehead atoms. The molecule has 0 aromatic carbocycles. The molecule has 0 saturated heterocycles. The fourth-order valence-electron chi connectivity index (χ4n) is 0. The van der Waals surface area contributed by atoms with E-state index in [1.807, 2.05) is 0 Å². The van der Waals surface area contributed by atoms with Crippen LogP contribution < -0.4 is 34.7 Å². The van der Waals surface area contributed by atoms with E-state index in [1.165, 1.54) is 6.08 Å². The molecule has 0 spiro atoms. The molecule has 2 heteroatoms. The van der Waals surface area contributed by atoms with Crippen molar-refractivity contribution in [1.29, 1.82) is 0 Å². The summed E-state index contributed by atoms with van der Waals surface area (Å²) in [5.41, 5.74) is 0. The molecule has 0 radical (unpaired) electrons. The van der Waals surface area contributed by atoms with E-state index in [9.17, 15) is 0 Å². The van der Waals surface area contributed by atoms with Crippen LogP contribution in [-0.2, 0) is 0 Å². The van der Waals surface area contributed by atoms with Gasteiger partial charge < -0.3 is 5.11 Å². The molecule has 24 valence electrons. The van der Waals surface area contributed by atoms with Gasteiger partial charge in [-0.15, -0.1) is 6.08 Å². The van der Waals surface area contributed by atoms with E-state index in [2.05, 4.69) is 0 Å². The van der Waals surface area contributed by atoms with Gasteiger partial charge in [0.05, 0.1) is 0 Å². The second-order valence-corrected chi connectivity index (χ2v) is 0.469. The Morgan fingerprint density at radius 1 is 1.60 bits per heavy atom. The van der Waals surface area contributed by atoms with Crippen molar-refractivity contribution in [2.24, 2.45) is 0 Å². The summed E-state index contributed by atoms with van der Waals surface area (Å²) < 4.78 is 0. The molecule has 0 heterocycles. The summed E-state index contributed by atoms with van der Waals surface area (Å²) in [4.78, 5) is 0. The molecule has 0 fully saturated rings. The largest absolute Gasteiger partial charge is 1.00 e. The first-order valence-electron chi connectivity index (χ1n) is 1.15. The molecule has 0 aliphatic heterocycles. The van der Waals surface area contributed by atoms with Crippen LogP contribution in [0.1, 0.15) is 6.92 Å². The van der Waals surface area contributed by atoms with Crippen molar-refractivity contribution < 1.29 is 34.7 Å². The van der Waals surface area contributed by atoms with Crippen LogP contribution in [0.25, 0.3) is 0 Å². The van der Waals surface area contributed by atoms with Crippen molar-refractivity contribution in [3.63, 3.8) is 0 Å². The minimum absolute atomic E-state index is 0. The molecule has 0 saturated carbocycles. The minimum atomic E-state index is 0. The molecule has 0 atom stereocenters. The fourth-order valence-corrected chi connectivity index (χ4v) is 0. The quantitative estimate of drug-likeness (QED) is 0.223. The van der Waals surface area contributed by atoms with Gasteiger partial charge in [-0.1, -0.05) is 0 Å². The van der Waals surface area contributed by atoms with Gasteiger partial charge in [-0.2, -0.15) is 6.26 Å². The molecule has 0 N–H and O–H groups in total. The Bertz CT molecular complexity index is 22.1. The van der Waals surface area contributed by atoms with Crippen LogP contribution in [0.5, 0.6) is 0 Å². The Morgan fingerprint density at radius 2 is 1.80 bits per heavy atom. The Balaban J connectivity index is 0. The van der Waals surface area contributed by atoms with Gasteiger partial charge in [0.15, 0.2) is 0 Å². The zero-order valence-electron chi connectivity index (χ0n) is 3.56. The van der Waals surface area contributed by atoms with Crippen LogP contribution in [0.2, 0.25) is 0 Å². The molecule has 0 aliphatic carbocycles. The number of hydrogen-bond acceptors (Lipinski definition) is 1. The fraction of sp³-hybridized carbons (Fsp3) is 0.333. The van der Waals surface area contributed by atoms with Crippen molar-refractivity contribution in [3.8, 4) is 0 Å². The van der Waals surface area contributed by atoms with Gasteiger partial charge in [0, 0.05) is 0 Å². The monoisotopic (exact) mass is 80.0 g/mol. The summed E-state index contributed by atoms with van der Waals surface area (Å²) in [6.45, 7) is 1.69. The molecule has 0 aromatic rings. The normalized spacial score (nSPS) is 7.40. The topological polar surface area (TPSA) is 23.1 Å². The molecule has 5 heavy (non-hydrogen) atoms. The molecular formula is C3H5NaO.